The molecular weight excluding hydrogens is 376 g/mol. The van der Waals surface area contributed by atoms with Crippen molar-refractivity contribution in [3.63, 3.8) is 0 Å². The molecule has 3 amide bonds. The molecule has 148 valence electrons. The summed E-state index contributed by atoms with van der Waals surface area (Å²) in [6, 6.07) is 7.18. The number of likely N-dealkylation sites (tertiary alicyclic amines) is 1. The zero-order valence-corrected chi connectivity index (χ0v) is 16.5. The minimum Gasteiger partial charge on any atom is -0.325 e. The van der Waals surface area contributed by atoms with Gasteiger partial charge in [0.15, 0.2) is 0 Å². The molecule has 1 aromatic carbocycles. The van der Waals surface area contributed by atoms with Gasteiger partial charge in [0, 0.05) is 12.0 Å². The third kappa shape index (κ3) is 2.78. The van der Waals surface area contributed by atoms with Crippen molar-refractivity contribution in [3.05, 3.63) is 29.3 Å². The Morgan fingerprint density at radius 3 is 2.14 bits per heavy atom. The van der Waals surface area contributed by atoms with Gasteiger partial charge >= 0.3 is 0 Å². The third-order valence-corrected chi connectivity index (χ3v) is 7.86. The fraction of sp³-hybridized carbons (Fsp3) is 0.591. The van der Waals surface area contributed by atoms with Gasteiger partial charge in [-0.25, -0.2) is 0 Å². The van der Waals surface area contributed by atoms with Gasteiger partial charge in [-0.05, 0) is 68.9 Å². The second-order valence-electron chi connectivity index (χ2n) is 8.91. The lowest BCUT2D eigenvalue weighted by atomic mass is 9.81. The minimum absolute atomic E-state index is 0.0273. The lowest BCUT2D eigenvalue weighted by molar-refractivity contribution is -0.144. The van der Waals surface area contributed by atoms with Crippen LogP contribution in [0.2, 0.25) is 5.02 Å². The van der Waals surface area contributed by atoms with E-state index in [-0.39, 0.29) is 41.5 Å². The SMILES string of the molecule is O=C(Nc1ccccc1Cl)C1CCC(N2C(=O)[C@@H]3[C@@H]4CC[C@H](C4)[C@@H]3C2=O)CC1. The number of rotatable bonds is 3. The Kier molecular flexibility index (Phi) is 4.46. The fourth-order valence-electron chi connectivity index (χ4n) is 6.19. The highest BCUT2D eigenvalue weighted by atomic mass is 35.5. The van der Waals surface area contributed by atoms with E-state index in [1.165, 1.54) is 0 Å². The van der Waals surface area contributed by atoms with Gasteiger partial charge in [-0.3, -0.25) is 19.3 Å². The number of fused-ring (bicyclic) bond motifs is 5. The van der Waals surface area contributed by atoms with Crippen LogP contribution in [-0.2, 0) is 14.4 Å². The Morgan fingerprint density at radius 1 is 0.929 bits per heavy atom. The molecule has 2 bridgehead atoms. The Hall–Kier alpha value is -1.88. The number of amides is 3. The summed E-state index contributed by atoms with van der Waals surface area (Å²) in [6.07, 6.45) is 6.09. The van der Waals surface area contributed by atoms with E-state index in [9.17, 15) is 14.4 Å². The number of imide groups is 1. The van der Waals surface area contributed by atoms with Crippen molar-refractivity contribution in [2.45, 2.75) is 51.0 Å². The Bertz CT molecular complexity index is 805. The molecule has 0 spiro atoms. The van der Waals surface area contributed by atoms with Crippen molar-refractivity contribution >= 4 is 35.0 Å². The highest BCUT2D eigenvalue weighted by Crippen LogP contribution is 2.56. The Labute approximate surface area is 169 Å². The largest absolute Gasteiger partial charge is 0.325 e. The van der Waals surface area contributed by atoms with Crippen molar-refractivity contribution in [2.24, 2.45) is 29.6 Å². The summed E-state index contributed by atoms with van der Waals surface area (Å²) >= 11 is 6.13. The molecule has 5 nitrogen and oxygen atoms in total. The van der Waals surface area contributed by atoms with E-state index in [2.05, 4.69) is 5.32 Å². The van der Waals surface area contributed by atoms with E-state index < -0.39 is 0 Å². The molecule has 3 aliphatic carbocycles. The van der Waals surface area contributed by atoms with Crippen LogP contribution in [0.15, 0.2) is 24.3 Å². The second-order valence-corrected chi connectivity index (χ2v) is 9.31. The number of carbonyl (C=O) groups excluding carboxylic acids is 3. The molecular formula is C22H25ClN2O3. The van der Waals surface area contributed by atoms with Gasteiger partial charge in [-0.2, -0.15) is 0 Å². The number of benzene rings is 1. The maximum atomic E-state index is 13.0. The maximum Gasteiger partial charge on any atom is 0.233 e. The lowest BCUT2D eigenvalue weighted by Crippen LogP contribution is -2.44. The summed E-state index contributed by atoms with van der Waals surface area (Å²) in [6.45, 7) is 0. The van der Waals surface area contributed by atoms with Crippen LogP contribution in [0.25, 0.3) is 0 Å². The summed E-state index contributed by atoms with van der Waals surface area (Å²) in [7, 11) is 0. The van der Waals surface area contributed by atoms with Crippen LogP contribution in [0.3, 0.4) is 0 Å². The van der Waals surface area contributed by atoms with Crippen molar-refractivity contribution in [3.8, 4) is 0 Å². The van der Waals surface area contributed by atoms with E-state index in [0.29, 0.717) is 48.2 Å². The van der Waals surface area contributed by atoms with E-state index >= 15 is 0 Å². The van der Waals surface area contributed by atoms with Crippen molar-refractivity contribution in [1.29, 1.82) is 0 Å². The Balaban J connectivity index is 1.22. The monoisotopic (exact) mass is 400 g/mol. The normalized spacial score (nSPS) is 36.7. The van der Waals surface area contributed by atoms with Crippen molar-refractivity contribution in [2.75, 3.05) is 5.32 Å². The molecule has 5 rings (SSSR count). The first kappa shape index (κ1) is 18.2. The summed E-state index contributed by atoms with van der Waals surface area (Å²) in [4.78, 5) is 40.2. The van der Waals surface area contributed by atoms with Gasteiger partial charge < -0.3 is 5.32 Å². The van der Waals surface area contributed by atoms with Crippen LogP contribution in [0.5, 0.6) is 0 Å². The third-order valence-electron chi connectivity index (χ3n) is 7.53. The zero-order chi connectivity index (χ0) is 19.4. The summed E-state index contributed by atoms with van der Waals surface area (Å²) in [5.41, 5.74) is 0.629. The van der Waals surface area contributed by atoms with Gasteiger partial charge in [0.25, 0.3) is 0 Å². The quantitative estimate of drug-likeness (QED) is 0.783. The van der Waals surface area contributed by atoms with Crippen molar-refractivity contribution in [1.82, 2.24) is 4.90 Å². The first-order chi connectivity index (χ1) is 13.5. The molecule has 1 N–H and O–H groups in total. The van der Waals surface area contributed by atoms with Gasteiger partial charge in [0.1, 0.15) is 0 Å². The molecule has 0 radical (unpaired) electrons. The molecule has 3 saturated carbocycles. The average molecular weight is 401 g/mol. The smallest absolute Gasteiger partial charge is 0.233 e. The number of hydrogen-bond acceptors (Lipinski definition) is 3. The first-order valence-electron chi connectivity index (χ1n) is 10.5. The zero-order valence-electron chi connectivity index (χ0n) is 15.8. The molecule has 1 saturated heterocycles. The van der Waals surface area contributed by atoms with Crippen LogP contribution >= 0.6 is 11.6 Å². The van der Waals surface area contributed by atoms with Crippen LogP contribution in [0.4, 0.5) is 5.69 Å². The topological polar surface area (TPSA) is 66.5 Å². The molecule has 6 heteroatoms. The van der Waals surface area contributed by atoms with Gasteiger partial charge in [-0.15, -0.1) is 0 Å². The van der Waals surface area contributed by atoms with Crippen LogP contribution < -0.4 is 5.32 Å². The summed E-state index contributed by atoms with van der Waals surface area (Å²) in [5, 5.41) is 3.44. The van der Waals surface area contributed by atoms with E-state index in [4.69, 9.17) is 11.6 Å². The van der Waals surface area contributed by atoms with E-state index in [0.717, 1.165) is 19.3 Å². The van der Waals surface area contributed by atoms with Gasteiger partial charge in [-0.1, -0.05) is 23.7 Å². The van der Waals surface area contributed by atoms with E-state index in [1.54, 1.807) is 17.0 Å². The number of nitrogens with one attached hydrogen (secondary N) is 1. The molecule has 4 aliphatic rings. The summed E-state index contributed by atoms with van der Waals surface area (Å²) in [5.74, 6) is 0.775. The van der Waals surface area contributed by atoms with Crippen LogP contribution in [0.1, 0.15) is 44.9 Å². The van der Waals surface area contributed by atoms with Crippen LogP contribution in [0, 0.1) is 29.6 Å². The average Bonchev–Trinajstić information content (AvgIpc) is 3.38. The maximum absolute atomic E-state index is 13.0. The first-order valence-corrected chi connectivity index (χ1v) is 10.8. The Morgan fingerprint density at radius 2 is 1.54 bits per heavy atom. The number of para-hydroxylation sites is 1. The number of carbonyl (C=O) groups is 3. The molecule has 1 heterocycles. The van der Waals surface area contributed by atoms with Crippen molar-refractivity contribution < 1.29 is 14.4 Å². The molecule has 4 atom stereocenters. The highest BCUT2D eigenvalue weighted by molar-refractivity contribution is 6.33. The molecule has 0 unspecified atom stereocenters. The molecule has 0 aromatic heterocycles. The molecule has 1 aliphatic heterocycles. The highest BCUT2D eigenvalue weighted by Gasteiger charge is 2.61. The standard InChI is InChI=1S/C22H25ClN2O3/c23-16-3-1-2-4-17(16)24-20(26)12-7-9-15(10-8-12)25-21(27)18-13-5-6-14(11-13)19(18)22(25)28/h1-4,12-15,18-19H,5-11H2,(H,24,26)/t12?,13-,14-,15?,18-,19+/m1/s1. The number of nitrogens with zero attached hydrogens (tertiary/aromatic N) is 1. The molecule has 4 fully saturated rings. The van der Waals surface area contributed by atoms with Crippen LogP contribution in [-0.4, -0.2) is 28.7 Å². The van der Waals surface area contributed by atoms with Gasteiger partial charge in [0.05, 0.1) is 22.5 Å². The minimum atomic E-state index is -0.101. The van der Waals surface area contributed by atoms with Gasteiger partial charge in [0.2, 0.25) is 17.7 Å². The molecule has 28 heavy (non-hydrogen) atoms. The number of hydrogen-bond donors (Lipinski definition) is 1. The number of halogens is 1. The lowest BCUT2D eigenvalue weighted by Gasteiger charge is -2.33. The number of anilines is 1. The molecule has 1 aromatic rings. The van der Waals surface area contributed by atoms with E-state index in [1.807, 2.05) is 12.1 Å². The second kappa shape index (κ2) is 6.87. The fourth-order valence-corrected chi connectivity index (χ4v) is 6.37. The predicted molar refractivity (Wildman–Crippen MR) is 105 cm³/mol. The summed E-state index contributed by atoms with van der Waals surface area (Å²) < 4.78 is 0. The predicted octanol–water partition coefficient (Wildman–Crippen LogP) is 3.87.